The van der Waals surface area contributed by atoms with Crippen molar-refractivity contribution in [3.05, 3.63) is 0 Å². The molecule has 0 aromatic carbocycles. The first-order chi connectivity index (χ1) is 8.74. The molecule has 2 nitrogen and oxygen atoms in total. The van der Waals surface area contributed by atoms with E-state index in [2.05, 4.69) is 24.1 Å². The molecule has 0 bridgehead atoms. The maximum absolute atomic E-state index is 3.74. The average molecular weight is 252 g/mol. The summed E-state index contributed by atoms with van der Waals surface area (Å²) in [6.45, 7) is 9.93. The summed E-state index contributed by atoms with van der Waals surface area (Å²) in [6, 6.07) is 0.721. The molecule has 0 aromatic rings. The molecule has 18 heavy (non-hydrogen) atoms. The van der Waals surface area contributed by atoms with Gasteiger partial charge in [0, 0.05) is 12.6 Å². The van der Waals surface area contributed by atoms with Crippen LogP contribution in [0.5, 0.6) is 0 Å². The van der Waals surface area contributed by atoms with Gasteiger partial charge in [-0.25, -0.2) is 0 Å². The van der Waals surface area contributed by atoms with Crippen LogP contribution in [0.4, 0.5) is 0 Å². The Hall–Kier alpha value is -0.0800. The molecule has 1 heterocycles. The summed E-state index contributed by atoms with van der Waals surface area (Å²) in [4.78, 5) is 2.66. The van der Waals surface area contributed by atoms with Gasteiger partial charge in [0.15, 0.2) is 0 Å². The summed E-state index contributed by atoms with van der Waals surface area (Å²) in [6.07, 6.45) is 10.1. The molecule has 2 fully saturated rings. The van der Waals surface area contributed by atoms with Gasteiger partial charge in [-0.1, -0.05) is 32.6 Å². The number of rotatable bonds is 7. The molecule has 0 radical (unpaired) electrons. The Kier molecular flexibility index (Phi) is 5.97. The van der Waals surface area contributed by atoms with Crippen molar-refractivity contribution in [3.8, 4) is 0 Å². The quantitative estimate of drug-likeness (QED) is 0.748. The fraction of sp³-hybridized carbons (Fsp3) is 1.00. The maximum atomic E-state index is 3.74. The molecule has 0 amide bonds. The monoisotopic (exact) mass is 252 g/mol. The zero-order valence-electron chi connectivity index (χ0n) is 12.5. The molecule has 2 heteroatoms. The third-order valence-corrected chi connectivity index (χ3v) is 4.74. The van der Waals surface area contributed by atoms with Gasteiger partial charge in [-0.05, 0) is 57.7 Å². The second-order valence-corrected chi connectivity index (χ2v) is 6.81. The summed E-state index contributed by atoms with van der Waals surface area (Å²) < 4.78 is 0. The molecule has 1 aliphatic carbocycles. The Morgan fingerprint density at radius 3 is 2.39 bits per heavy atom. The Bertz CT molecular complexity index is 219. The highest BCUT2D eigenvalue weighted by Crippen LogP contribution is 2.30. The third-order valence-electron chi connectivity index (χ3n) is 4.74. The zero-order chi connectivity index (χ0) is 12.8. The minimum atomic E-state index is 0.721. The van der Waals surface area contributed by atoms with Crippen LogP contribution in [0.2, 0.25) is 0 Å². The van der Waals surface area contributed by atoms with E-state index in [9.17, 15) is 0 Å². The fourth-order valence-corrected chi connectivity index (χ4v) is 3.36. The predicted molar refractivity (Wildman–Crippen MR) is 78.9 cm³/mol. The lowest BCUT2D eigenvalue weighted by Gasteiger charge is -2.31. The van der Waals surface area contributed by atoms with E-state index in [1.807, 2.05) is 0 Å². The van der Waals surface area contributed by atoms with Crippen molar-refractivity contribution in [2.45, 2.75) is 64.8 Å². The summed E-state index contributed by atoms with van der Waals surface area (Å²) in [7, 11) is 0. The molecule has 1 N–H and O–H groups in total. The Labute approximate surface area is 114 Å². The summed E-state index contributed by atoms with van der Waals surface area (Å²) in [5, 5.41) is 3.74. The Balaban J connectivity index is 1.53. The Morgan fingerprint density at radius 1 is 1.06 bits per heavy atom. The zero-order valence-corrected chi connectivity index (χ0v) is 12.5. The standard InChI is InChI=1S/C16H32N2/c1-14(13-18-9-4-3-5-10-18)12-17-15(2)11-16-7-6-8-16/h14-17H,3-13H2,1-2H3. The third kappa shape index (κ3) is 4.89. The van der Waals surface area contributed by atoms with Crippen molar-refractivity contribution in [3.63, 3.8) is 0 Å². The Morgan fingerprint density at radius 2 is 1.78 bits per heavy atom. The van der Waals surface area contributed by atoms with E-state index < -0.39 is 0 Å². The lowest BCUT2D eigenvalue weighted by molar-refractivity contribution is 0.194. The van der Waals surface area contributed by atoms with Crippen LogP contribution < -0.4 is 5.32 Å². The number of likely N-dealkylation sites (tertiary alicyclic amines) is 1. The lowest BCUT2D eigenvalue weighted by atomic mass is 9.81. The fourth-order valence-electron chi connectivity index (χ4n) is 3.36. The number of hydrogen-bond acceptors (Lipinski definition) is 2. The first-order valence-corrected chi connectivity index (χ1v) is 8.20. The lowest BCUT2D eigenvalue weighted by Crippen LogP contribution is -2.39. The highest BCUT2D eigenvalue weighted by molar-refractivity contribution is 4.76. The van der Waals surface area contributed by atoms with E-state index in [1.54, 1.807) is 0 Å². The maximum Gasteiger partial charge on any atom is 0.00414 e. The van der Waals surface area contributed by atoms with Crippen LogP contribution in [0.25, 0.3) is 0 Å². The van der Waals surface area contributed by atoms with Crippen molar-refractivity contribution in [1.29, 1.82) is 0 Å². The summed E-state index contributed by atoms with van der Waals surface area (Å²) >= 11 is 0. The molecular weight excluding hydrogens is 220 g/mol. The van der Waals surface area contributed by atoms with Gasteiger partial charge in [0.1, 0.15) is 0 Å². The molecule has 1 aliphatic heterocycles. The molecule has 106 valence electrons. The molecule has 2 atom stereocenters. The largest absolute Gasteiger partial charge is 0.314 e. The molecule has 1 saturated heterocycles. The van der Waals surface area contributed by atoms with E-state index in [1.165, 1.54) is 71.1 Å². The molecule has 0 spiro atoms. The SMILES string of the molecule is CC(CNC(C)CC1CCC1)CN1CCCCC1. The molecular formula is C16H32N2. The predicted octanol–water partition coefficient (Wildman–Crippen LogP) is 3.28. The normalized spacial score (nSPS) is 25.7. The van der Waals surface area contributed by atoms with Gasteiger partial charge in [0.05, 0.1) is 0 Å². The van der Waals surface area contributed by atoms with Gasteiger partial charge in [0.2, 0.25) is 0 Å². The van der Waals surface area contributed by atoms with Crippen LogP contribution >= 0.6 is 0 Å². The number of nitrogens with one attached hydrogen (secondary N) is 1. The first kappa shape index (κ1) is 14.3. The van der Waals surface area contributed by atoms with Crippen molar-refractivity contribution in [2.24, 2.45) is 11.8 Å². The van der Waals surface area contributed by atoms with E-state index in [-0.39, 0.29) is 0 Å². The van der Waals surface area contributed by atoms with Crippen molar-refractivity contribution < 1.29 is 0 Å². The van der Waals surface area contributed by atoms with Crippen LogP contribution in [0, 0.1) is 11.8 Å². The van der Waals surface area contributed by atoms with Gasteiger partial charge in [-0.2, -0.15) is 0 Å². The number of hydrogen-bond donors (Lipinski definition) is 1. The molecule has 2 aliphatic rings. The van der Waals surface area contributed by atoms with E-state index in [0.29, 0.717) is 0 Å². The summed E-state index contributed by atoms with van der Waals surface area (Å²) in [5.41, 5.74) is 0. The van der Waals surface area contributed by atoms with Crippen LogP contribution in [0.3, 0.4) is 0 Å². The van der Waals surface area contributed by atoms with Gasteiger partial charge < -0.3 is 10.2 Å². The van der Waals surface area contributed by atoms with Gasteiger partial charge in [-0.15, -0.1) is 0 Å². The van der Waals surface area contributed by atoms with Crippen molar-refractivity contribution >= 4 is 0 Å². The second kappa shape index (κ2) is 7.49. The average Bonchev–Trinajstić information content (AvgIpc) is 2.33. The van der Waals surface area contributed by atoms with Crippen molar-refractivity contribution in [2.75, 3.05) is 26.2 Å². The van der Waals surface area contributed by atoms with Gasteiger partial charge >= 0.3 is 0 Å². The van der Waals surface area contributed by atoms with Crippen LogP contribution in [-0.4, -0.2) is 37.1 Å². The van der Waals surface area contributed by atoms with Crippen LogP contribution in [-0.2, 0) is 0 Å². The van der Waals surface area contributed by atoms with Crippen LogP contribution in [0.15, 0.2) is 0 Å². The topological polar surface area (TPSA) is 15.3 Å². The number of nitrogens with zero attached hydrogens (tertiary/aromatic N) is 1. The van der Waals surface area contributed by atoms with Gasteiger partial charge in [0.25, 0.3) is 0 Å². The first-order valence-electron chi connectivity index (χ1n) is 8.20. The van der Waals surface area contributed by atoms with E-state index >= 15 is 0 Å². The molecule has 2 rings (SSSR count). The smallest absolute Gasteiger partial charge is 0.00414 e. The highest BCUT2D eigenvalue weighted by Gasteiger charge is 2.20. The van der Waals surface area contributed by atoms with Crippen molar-refractivity contribution in [1.82, 2.24) is 10.2 Å². The second-order valence-electron chi connectivity index (χ2n) is 6.81. The van der Waals surface area contributed by atoms with Crippen LogP contribution in [0.1, 0.15) is 58.8 Å². The minimum Gasteiger partial charge on any atom is -0.314 e. The molecule has 2 unspecified atom stereocenters. The molecule has 0 aromatic heterocycles. The highest BCUT2D eigenvalue weighted by atomic mass is 15.1. The number of piperidine rings is 1. The van der Waals surface area contributed by atoms with E-state index in [4.69, 9.17) is 0 Å². The molecule has 1 saturated carbocycles. The van der Waals surface area contributed by atoms with Gasteiger partial charge in [-0.3, -0.25) is 0 Å². The van der Waals surface area contributed by atoms with E-state index in [0.717, 1.165) is 17.9 Å². The summed E-state index contributed by atoms with van der Waals surface area (Å²) in [5.74, 6) is 1.83. The minimum absolute atomic E-state index is 0.721.